The Balaban J connectivity index is 1.56. The lowest BCUT2D eigenvalue weighted by Gasteiger charge is -2.18. The second-order valence-corrected chi connectivity index (χ2v) is 7.55. The Morgan fingerprint density at radius 1 is 1.23 bits per heavy atom. The average Bonchev–Trinajstić information content (AvgIpc) is 3.10. The van der Waals surface area contributed by atoms with E-state index >= 15 is 0 Å². The maximum atomic E-state index is 12.5. The van der Waals surface area contributed by atoms with Crippen molar-refractivity contribution in [2.75, 3.05) is 19.7 Å². The van der Waals surface area contributed by atoms with Crippen LogP contribution < -0.4 is 4.74 Å². The van der Waals surface area contributed by atoms with Crippen molar-refractivity contribution < 1.29 is 9.53 Å². The molecular formula is C20H21ClN2O2S. The predicted molar refractivity (Wildman–Crippen MR) is 108 cm³/mol. The Morgan fingerprint density at radius 3 is 2.77 bits per heavy atom. The third-order valence-corrected chi connectivity index (χ3v) is 5.45. The fraction of sp³-hybridized carbons (Fsp3) is 0.300. The molecule has 2 aromatic rings. The summed E-state index contributed by atoms with van der Waals surface area (Å²) >= 11 is 7.46. The minimum Gasteiger partial charge on any atom is -0.484 e. The molecule has 0 fully saturated rings. The Kier molecular flexibility index (Phi) is 6.22. The molecule has 0 saturated carbocycles. The number of amides is 1. The van der Waals surface area contributed by atoms with E-state index in [0.717, 1.165) is 10.9 Å². The van der Waals surface area contributed by atoms with Crippen LogP contribution in [0.25, 0.3) is 0 Å². The first-order chi connectivity index (χ1) is 12.5. The summed E-state index contributed by atoms with van der Waals surface area (Å²) in [7, 11) is 0. The van der Waals surface area contributed by atoms with E-state index in [0.29, 0.717) is 23.9 Å². The van der Waals surface area contributed by atoms with E-state index in [1.54, 1.807) is 40.9 Å². The second-order valence-electron chi connectivity index (χ2n) is 6.17. The third kappa shape index (κ3) is 4.80. The number of carbonyl (C=O) groups excluding carboxylic acids is 1. The summed E-state index contributed by atoms with van der Waals surface area (Å²) in [4.78, 5) is 18.7. The highest BCUT2D eigenvalue weighted by Crippen LogP contribution is 2.23. The monoisotopic (exact) mass is 388 g/mol. The van der Waals surface area contributed by atoms with Gasteiger partial charge in [-0.15, -0.1) is 0 Å². The van der Waals surface area contributed by atoms with E-state index in [4.69, 9.17) is 16.3 Å². The summed E-state index contributed by atoms with van der Waals surface area (Å²) in [5.41, 5.74) is 3.77. The van der Waals surface area contributed by atoms with Crippen molar-refractivity contribution in [2.24, 2.45) is 4.99 Å². The van der Waals surface area contributed by atoms with Gasteiger partial charge >= 0.3 is 0 Å². The van der Waals surface area contributed by atoms with Crippen LogP contribution >= 0.6 is 23.4 Å². The van der Waals surface area contributed by atoms with Crippen LogP contribution in [0.5, 0.6) is 5.75 Å². The van der Waals surface area contributed by atoms with E-state index in [1.165, 1.54) is 16.7 Å². The highest BCUT2D eigenvalue weighted by atomic mass is 35.5. The number of carbonyl (C=O) groups is 1. The SMILES string of the molecule is Cc1ccc(C)c(CSC2=NCCN2C(=O)COc2ccc(Cl)cc2)c1. The first-order valence-electron chi connectivity index (χ1n) is 8.45. The lowest BCUT2D eigenvalue weighted by Crippen LogP contribution is -2.36. The van der Waals surface area contributed by atoms with Gasteiger partial charge in [0.15, 0.2) is 11.8 Å². The van der Waals surface area contributed by atoms with E-state index in [9.17, 15) is 4.79 Å². The molecule has 2 aromatic carbocycles. The standard InChI is InChI=1S/C20H21ClN2O2S/c1-14-3-4-15(2)16(11-14)13-26-20-22-9-10-23(20)19(24)12-25-18-7-5-17(21)6-8-18/h3-8,11H,9-10,12-13H2,1-2H3. The summed E-state index contributed by atoms with van der Waals surface area (Å²) in [6, 6.07) is 13.4. The molecule has 1 amide bonds. The second kappa shape index (κ2) is 8.60. The quantitative estimate of drug-likeness (QED) is 0.759. The van der Waals surface area contributed by atoms with Crippen molar-refractivity contribution in [3.63, 3.8) is 0 Å². The van der Waals surface area contributed by atoms with Crippen molar-refractivity contribution in [3.05, 3.63) is 64.2 Å². The van der Waals surface area contributed by atoms with Gasteiger partial charge in [-0.3, -0.25) is 14.7 Å². The number of halogens is 1. The van der Waals surface area contributed by atoms with Crippen molar-refractivity contribution in [1.29, 1.82) is 0 Å². The number of rotatable bonds is 5. The molecule has 0 aliphatic carbocycles. The zero-order valence-electron chi connectivity index (χ0n) is 14.9. The van der Waals surface area contributed by atoms with Gasteiger partial charge < -0.3 is 4.74 Å². The first kappa shape index (κ1) is 18.8. The van der Waals surface area contributed by atoms with Gasteiger partial charge in [0.1, 0.15) is 5.75 Å². The molecule has 4 nitrogen and oxygen atoms in total. The Hall–Kier alpha value is -1.98. The molecule has 0 aromatic heterocycles. The van der Waals surface area contributed by atoms with Gasteiger partial charge in [0, 0.05) is 17.3 Å². The maximum Gasteiger partial charge on any atom is 0.266 e. The summed E-state index contributed by atoms with van der Waals surface area (Å²) in [6.45, 7) is 5.43. The predicted octanol–water partition coefficient (Wildman–Crippen LogP) is 4.47. The zero-order chi connectivity index (χ0) is 18.5. The molecule has 0 atom stereocenters. The molecule has 1 heterocycles. The summed E-state index contributed by atoms with van der Waals surface area (Å²) in [5.74, 6) is 1.35. The summed E-state index contributed by atoms with van der Waals surface area (Å²) in [6.07, 6.45) is 0. The molecule has 26 heavy (non-hydrogen) atoms. The van der Waals surface area contributed by atoms with Gasteiger partial charge in [-0.25, -0.2) is 0 Å². The molecule has 0 N–H and O–H groups in total. The summed E-state index contributed by atoms with van der Waals surface area (Å²) in [5, 5.41) is 1.41. The van der Waals surface area contributed by atoms with Crippen LogP contribution in [-0.4, -0.2) is 35.7 Å². The van der Waals surface area contributed by atoms with Crippen molar-refractivity contribution >= 4 is 34.4 Å². The van der Waals surface area contributed by atoms with Crippen LogP contribution in [0.1, 0.15) is 16.7 Å². The number of hydrogen-bond donors (Lipinski definition) is 0. The van der Waals surface area contributed by atoms with Crippen molar-refractivity contribution in [1.82, 2.24) is 4.90 Å². The van der Waals surface area contributed by atoms with E-state index in [2.05, 4.69) is 37.0 Å². The molecular weight excluding hydrogens is 368 g/mol. The molecule has 0 radical (unpaired) electrons. The van der Waals surface area contributed by atoms with Gasteiger partial charge in [0.25, 0.3) is 5.91 Å². The minimum absolute atomic E-state index is 0.00924. The maximum absolute atomic E-state index is 12.5. The highest BCUT2D eigenvalue weighted by molar-refractivity contribution is 8.13. The normalized spacial score (nSPS) is 13.7. The lowest BCUT2D eigenvalue weighted by molar-refractivity contribution is -0.128. The van der Waals surface area contributed by atoms with E-state index < -0.39 is 0 Å². The number of ether oxygens (including phenoxy) is 1. The van der Waals surface area contributed by atoms with Crippen LogP contribution in [-0.2, 0) is 10.5 Å². The molecule has 136 valence electrons. The molecule has 6 heteroatoms. The number of hydrogen-bond acceptors (Lipinski definition) is 4. The van der Waals surface area contributed by atoms with Crippen LogP contribution in [0, 0.1) is 13.8 Å². The average molecular weight is 389 g/mol. The smallest absolute Gasteiger partial charge is 0.266 e. The number of nitrogens with zero attached hydrogens (tertiary/aromatic N) is 2. The van der Waals surface area contributed by atoms with Crippen molar-refractivity contribution in [2.45, 2.75) is 19.6 Å². The largest absolute Gasteiger partial charge is 0.484 e. The van der Waals surface area contributed by atoms with E-state index in [1.807, 2.05) is 0 Å². The molecule has 1 aliphatic heterocycles. The number of thioether (sulfide) groups is 1. The number of aryl methyl sites for hydroxylation is 2. The number of benzene rings is 2. The molecule has 0 bridgehead atoms. The van der Waals surface area contributed by atoms with Crippen LogP contribution in [0.2, 0.25) is 5.02 Å². The summed E-state index contributed by atoms with van der Waals surface area (Å²) < 4.78 is 5.57. The van der Waals surface area contributed by atoms with Crippen LogP contribution in [0.15, 0.2) is 47.5 Å². The fourth-order valence-electron chi connectivity index (χ4n) is 2.63. The Labute approximate surface area is 163 Å². The van der Waals surface area contributed by atoms with Gasteiger partial charge in [-0.2, -0.15) is 0 Å². The molecule has 1 aliphatic rings. The number of amidine groups is 1. The van der Waals surface area contributed by atoms with Crippen LogP contribution in [0.3, 0.4) is 0 Å². The molecule has 3 rings (SSSR count). The Morgan fingerprint density at radius 2 is 2.00 bits per heavy atom. The van der Waals surface area contributed by atoms with E-state index in [-0.39, 0.29) is 12.5 Å². The molecule has 0 saturated heterocycles. The third-order valence-electron chi connectivity index (χ3n) is 4.14. The first-order valence-corrected chi connectivity index (χ1v) is 9.81. The van der Waals surface area contributed by atoms with Gasteiger partial charge in [-0.1, -0.05) is 47.1 Å². The zero-order valence-corrected chi connectivity index (χ0v) is 16.4. The lowest BCUT2D eigenvalue weighted by atomic mass is 10.1. The van der Waals surface area contributed by atoms with Gasteiger partial charge in [0.2, 0.25) is 0 Å². The van der Waals surface area contributed by atoms with Gasteiger partial charge in [-0.05, 0) is 49.2 Å². The topological polar surface area (TPSA) is 41.9 Å². The van der Waals surface area contributed by atoms with Gasteiger partial charge in [0.05, 0.1) is 6.54 Å². The molecule has 0 spiro atoms. The van der Waals surface area contributed by atoms with Crippen LogP contribution in [0.4, 0.5) is 0 Å². The Bertz CT molecular complexity index is 821. The van der Waals surface area contributed by atoms with Crippen molar-refractivity contribution in [3.8, 4) is 5.75 Å². The number of aliphatic imine (C=N–C) groups is 1. The fourth-order valence-corrected chi connectivity index (χ4v) is 3.89. The highest BCUT2D eigenvalue weighted by Gasteiger charge is 2.24. The molecule has 0 unspecified atom stereocenters. The minimum atomic E-state index is -0.0790.